The van der Waals surface area contributed by atoms with Crippen molar-refractivity contribution in [1.82, 2.24) is 5.32 Å². The maximum atomic E-state index is 3.86. The molecule has 2 saturated carbocycles. The molecule has 0 amide bonds. The minimum atomic E-state index is 0.767. The van der Waals surface area contributed by atoms with Crippen LogP contribution < -0.4 is 5.32 Å². The molecular weight excluding hydrogens is 242 g/mol. The molecule has 0 aromatic rings. The summed E-state index contributed by atoms with van der Waals surface area (Å²) in [7, 11) is 0. The van der Waals surface area contributed by atoms with E-state index in [1.54, 1.807) is 31.3 Å². The fourth-order valence-corrected chi connectivity index (χ4v) is 5.02. The van der Waals surface area contributed by atoms with Crippen molar-refractivity contribution in [1.29, 1.82) is 0 Å². The van der Waals surface area contributed by atoms with Crippen molar-refractivity contribution in [2.75, 3.05) is 6.54 Å². The van der Waals surface area contributed by atoms with Crippen molar-refractivity contribution in [2.45, 2.75) is 83.6 Å². The lowest BCUT2D eigenvalue weighted by atomic mass is 9.82. The van der Waals surface area contributed by atoms with Gasteiger partial charge in [-0.1, -0.05) is 25.0 Å². The molecule has 114 valence electrons. The van der Waals surface area contributed by atoms with Gasteiger partial charge in [-0.15, -0.1) is 0 Å². The van der Waals surface area contributed by atoms with Crippen LogP contribution in [0.15, 0.2) is 11.6 Å². The summed E-state index contributed by atoms with van der Waals surface area (Å²) >= 11 is 0. The van der Waals surface area contributed by atoms with Crippen molar-refractivity contribution in [3.63, 3.8) is 0 Å². The van der Waals surface area contributed by atoms with Crippen molar-refractivity contribution in [3.05, 3.63) is 11.6 Å². The van der Waals surface area contributed by atoms with Crippen LogP contribution in [0.1, 0.15) is 77.6 Å². The number of hydrogen-bond acceptors (Lipinski definition) is 1. The molecule has 3 aliphatic carbocycles. The van der Waals surface area contributed by atoms with E-state index in [1.165, 1.54) is 51.5 Å². The summed E-state index contributed by atoms with van der Waals surface area (Å²) < 4.78 is 0. The summed E-state index contributed by atoms with van der Waals surface area (Å²) in [4.78, 5) is 0. The van der Waals surface area contributed by atoms with Crippen molar-refractivity contribution in [2.24, 2.45) is 17.8 Å². The first-order chi connectivity index (χ1) is 9.85. The normalized spacial score (nSPS) is 34.2. The molecule has 1 nitrogen and oxygen atoms in total. The molecule has 20 heavy (non-hydrogen) atoms. The van der Waals surface area contributed by atoms with Crippen LogP contribution in [0, 0.1) is 17.8 Å². The summed E-state index contributed by atoms with van der Waals surface area (Å²) in [5.41, 5.74) is 1.76. The molecule has 1 heteroatoms. The smallest absolute Gasteiger partial charge is 0.0107 e. The second-order valence-electron chi connectivity index (χ2n) is 7.63. The molecule has 4 atom stereocenters. The lowest BCUT2D eigenvalue weighted by Gasteiger charge is -2.28. The van der Waals surface area contributed by atoms with E-state index < -0.39 is 0 Å². The summed E-state index contributed by atoms with van der Waals surface area (Å²) in [6.45, 7) is 3.50. The zero-order valence-corrected chi connectivity index (χ0v) is 13.4. The van der Waals surface area contributed by atoms with Crippen molar-refractivity contribution < 1.29 is 0 Å². The van der Waals surface area contributed by atoms with E-state index in [0.717, 1.165) is 23.8 Å². The quantitative estimate of drug-likeness (QED) is 0.639. The van der Waals surface area contributed by atoms with Gasteiger partial charge in [-0.3, -0.25) is 0 Å². The molecule has 0 aromatic heterocycles. The Morgan fingerprint density at radius 2 is 2.20 bits per heavy atom. The van der Waals surface area contributed by atoms with Gasteiger partial charge >= 0.3 is 0 Å². The molecule has 0 heterocycles. The van der Waals surface area contributed by atoms with E-state index in [0.29, 0.717) is 0 Å². The molecule has 2 fully saturated rings. The molecule has 1 N–H and O–H groups in total. The Morgan fingerprint density at radius 3 is 2.85 bits per heavy atom. The summed E-state index contributed by atoms with van der Waals surface area (Å²) in [6.07, 6.45) is 18.4. The minimum absolute atomic E-state index is 0.767. The first kappa shape index (κ1) is 14.6. The largest absolute Gasteiger partial charge is 0.314 e. The van der Waals surface area contributed by atoms with Crippen molar-refractivity contribution in [3.8, 4) is 0 Å². The van der Waals surface area contributed by atoms with Gasteiger partial charge in [0.25, 0.3) is 0 Å². The van der Waals surface area contributed by atoms with Crippen LogP contribution in [0.4, 0.5) is 0 Å². The average Bonchev–Trinajstić information content (AvgIpc) is 3.08. The molecule has 0 aliphatic heterocycles. The minimum Gasteiger partial charge on any atom is -0.314 e. The Hall–Kier alpha value is -0.300. The van der Waals surface area contributed by atoms with Crippen LogP contribution in [-0.2, 0) is 0 Å². The zero-order valence-electron chi connectivity index (χ0n) is 13.4. The van der Waals surface area contributed by atoms with Gasteiger partial charge in [-0.25, -0.2) is 0 Å². The van der Waals surface area contributed by atoms with Gasteiger partial charge in [0.1, 0.15) is 0 Å². The predicted molar refractivity (Wildman–Crippen MR) is 86.8 cm³/mol. The third kappa shape index (κ3) is 3.67. The van der Waals surface area contributed by atoms with Gasteiger partial charge in [0.2, 0.25) is 0 Å². The lowest BCUT2D eigenvalue weighted by molar-refractivity contribution is 0.275. The van der Waals surface area contributed by atoms with Crippen LogP contribution in [0.2, 0.25) is 0 Å². The van der Waals surface area contributed by atoms with Gasteiger partial charge in [-0.2, -0.15) is 0 Å². The fraction of sp³-hybridized carbons (Fsp3) is 0.895. The monoisotopic (exact) mass is 275 g/mol. The summed E-state index contributed by atoms with van der Waals surface area (Å²) in [5.74, 6) is 3.24. The first-order valence-corrected chi connectivity index (χ1v) is 9.26. The fourth-order valence-electron chi connectivity index (χ4n) is 5.02. The number of fused-ring (bicyclic) bond motifs is 2. The van der Waals surface area contributed by atoms with E-state index in [2.05, 4.69) is 18.3 Å². The van der Waals surface area contributed by atoms with E-state index in [-0.39, 0.29) is 0 Å². The van der Waals surface area contributed by atoms with Crippen LogP contribution in [0.3, 0.4) is 0 Å². The SMILES string of the molecule is CCCNC(CC1=CCCCC1)CC1CC2CCC1C2. The molecule has 0 saturated heterocycles. The molecule has 4 unspecified atom stereocenters. The standard InChI is InChI=1S/C19H33N/c1-2-10-20-19(13-15-6-4-3-5-7-15)14-18-12-16-8-9-17(18)11-16/h6,16-20H,2-5,7-14H2,1H3. The Kier molecular flexibility index (Phi) is 5.20. The Balaban J connectivity index is 1.53. The third-order valence-corrected chi connectivity index (χ3v) is 6.05. The Labute approximate surface area is 125 Å². The highest BCUT2D eigenvalue weighted by atomic mass is 14.9. The van der Waals surface area contributed by atoms with E-state index >= 15 is 0 Å². The van der Waals surface area contributed by atoms with Gasteiger partial charge in [0.05, 0.1) is 0 Å². The van der Waals surface area contributed by atoms with Gasteiger partial charge < -0.3 is 5.32 Å². The van der Waals surface area contributed by atoms with Crippen LogP contribution in [0.25, 0.3) is 0 Å². The van der Waals surface area contributed by atoms with Crippen LogP contribution in [-0.4, -0.2) is 12.6 Å². The molecule has 0 aromatic carbocycles. The topological polar surface area (TPSA) is 12.0 Å². The molecule has 2 bridgehead atoms. The lowest BCUT2D eigenvalue weighted by Crippen LogP contribution is -2.33. The maximum Gasteiger partial charge on any atom is 0.0107 e. The summed E-state index contributed by atoms with van der Waals surface area (Å²) in [5, 5.41) is 3.86. The molecule has 0 spiro atoms. The van der Waals surface area contributed by atoms with Gasteiger partial charge in [-0.05, 0) is 88.5 Å². The number of allylic oxidation sites excluding steroid dienone is 1. The second-order valence-corrected chi connectivity index (χ2v) is 7.63. The first-order valence-electron chi connectivity index (χ1n) is 9.26. The van der Waals surface area contributed by atoms with E-state index in [1.807, 2.05) is 0 Å². The van der Waals surface area contributed by atoms with E-state index in [9.17, 15) is 0 Å². The maximum absolute atomic E-state index is 3.86. The highest BCUT2D eigenvalue weighted by Gasteiger charge is 2.40. The third-order valence-electron chi connectivity index (χ3n) is 6.05. The van der Waals surface area contributed by atoms with Gasteiger partial charge in [0.15, 0.2) is 0 Å². The Bertz CT molecular complexity index is 333. The number of hydrogen-bond donors (Lipinski definition) is 1. The zero-order chi connectivity index (χ0) is 13.8. The molecule has 0 radical (unpaired) electrons. The second kappa shape index (κ2) is 7.11. The molecule has 3 rings (SSSR count). The van der Waals surface area contributed by atoms with E-state index in [4.69, 9.17) is 0 Å². The average molecular weight is 275 g/mol. The van der Waals surface area contributed by atoms with Crippen molar-refractivity contribution >= 4 is 0 Å². The summed E-state index contributed by atoms with van der Waals surface area (Å²) in [6, 6.07) is 0.767. The molecular formula is C19H33N. The predicted octanol–water partition coefficient (Wildman–Crippen LogP) is 5.07. The van der Waals surface area contributed by atoms with Crippen LogP contribution >= 0.6 is 0 Å². The van der Waals surface area contributed by atoms with Gasteiger partial charge in [0, 0.05) is 6.04 Å². The van der Waals surface area contributed by atoms with Crippen LogP contribution in [0.5, 0.6) is 0 Å². The number of nitrogens with one attached hydrogen (secondary N) is 1. The number of rotatable bonds is 7. The highest BCUT2D eigenvalue weighted by Crippen LogP contribution is 2.50. The molecule has 3 aliphatic rings. The highest BCUT2D eigenvalue weighted by molar-refractivity contribution is 5.07. The Morgan fingerprint density at radius 1 is 1.25 bits per heavy atom.